The van der Waals surface area contributed by atoms with Gasteiger partial charge in [0.1, 0.15) is 0 Å². The van der Waals surface area contributed by atoms with Gasteiger partial charge >= 0.3 is 13.1 Å². The molecule has 0 aromatic heterocycles. The van der Waals surface area contributed by atoms with Gasteiger partial charge in [-0.2, -0.15) is 0 Å². The molecule has 1 rings (SSSR count). The molecule has 0 spiro atoms. The standard InChI is InChI=1S/C9H9BO3/c1-2-9(11)13-10(12)8-6-4-3-5-7-8/h2-7,12H,1H2. The number of hydrogen-bond donors (Lipinski definition) is 1. The van der Waals surface area contributed by atoms with Crippen LogP contribution in [-0.2, 0) is 9.45 Å². The number of carbonyl (C=O) groups is 1. The highest BCUT2D eigenvalue weighted by molar-refractivity contribution is 6.61. The van der Waals surface area contributed by atoms with Crippen molar-refractivity contribution in [1.82, 2.24) is 0 Å². The molecule has 0 atom stereocenters. The van der Waals surface area contributed by atoms with Gasteiger partial charge in [0.15, 0.2) is 0 Å². The van der Waals surface area contributed by atoms with E-state index in [1.54, 1.807) is 24.3 Å². The van der Waals surface area contributed by atoms with Crippen molar-refractivity contribution < 1.29 is 14.5 Å². The van der Waals surface area contributed by atoms with Crippen LogP contribution in [0.4, 0.5) is 0 Å². The Bertz CT molecular complexity index is 297. The smallest absolute Gasteiger partial charge is 0.503 e. The number of hydrogen-bond acceptors (Lipinski definition) is 3. The molecule has 0 fully saturated rings. The van der Waals surface area contributed by atoms with E-state index in [0.29, 0.717) is 5.46 Å². The van der Waals surface area contributed by atoms with Crippen LogP contribution in [0.25, 0.3) is 0 Å². The Balaban J connectivity index is 2.63. The molecule has 3 nitrogen and oxygen atoms in total. The summed E-state index contributed by atoms with van der Waals surface area (Å²) in [5.74, 6) is -0.642. The Morgan fingerprint density at radius 1 is 1.46 bits per heavy atom. The molecule has 1 aromatic carbocycles. The first kappa shape index (κ1) is 9.54. The highest BCUT2D eigenvalue weighted by atomic mass is 16.6. The summed E-state index contributed by atoms with van der Waals surface area (Å²) in [6.45, 7) is 3.22. The van der Waals surface area contributed by atoms with Crippen LogP contribution < -0.4 is 5.46 Å². The maximum atomic E-state index is 10.7. The van der Waals surface area contributed by atoms with E-state index in [9.17, 15) is 9.82 Å². The molecule has 1 aromatic rings. The second kappa shape index (κ2) is 4.47. The molecule has 0 amide bonds. The van der Waals surface area contributed by atoms with E-state index in [0.717, 1.165) is 6.08 Å². The molecule has 0 aliphatic heterocycles. The predicted molar refractivity (Wildman–Crippen MR) is 50.3 cm³/mol. The molecule has 0 radical (unpaired) electrons. The van der Waals surface area contributed by atoms with Gasteiger partial charge in [0.2, 0.25) is 0 Å². The summed E-state index contributed by atoms with van der Waals surface area (Å²) in [4.78, 5) is 10.7. The van der Waals surface area contributed by atoms with E-state index in [1.807, 2.05) is 6.07 Å². The lowest BCUT2D eigenvalue weighted by atomic mass is 9.80. The molecule has 1 N–H and O–H groups in total. The zero-order valence-electron chi connectivity index (χ0n) is 7.01. The van der Waals surface area contributed by atoms with Crippen molar-refractivity contribution in [1.29, 1.82) is 0 Å². The maximum absolute atomic E-state index is 10.7. The molecule has 4 heteroatoms. The minimum Gasteiger partial charge on any atom is -0.503 e. The Hall–Kier alpha value is -1.55. The van der Waals surface area contributed by atoms with Crippen LogP contribution in [0.5, 0.6) is 0 Å². The maximum Gasteiger partial charge on any atom is 0.562 e. The van der Waals surface area contributed by atoms with Crippen LogP contribution in [0.2, 0.25) is 0 Å². The first-order valence-electron chi connectivity index (χ1n) is 3.80. The molecule has 0 aliphatic carbocycles. The van der Waals surface area contributed by atoms with E-state index in [2.05, 4.69) is 11.2 Å². The fourth-order valence-corrected chi connectivity index (χ4v) is 0.844. The fourth-order valence-electron chi connectivity index (χ4n) is 0.844. The number of carbonyl (C=O) groups excluding carboxylic acids is 1. The second-order valence-corrected chi connectivity index (χ2v) is 2.40. The summed E-state index contributed by atoms with van der Waals surface area (Å²) >= 11 is 0. The summed E-state index contributed by atoms with van der Waals surface area (Å²) in [6.07, 6.45) is 1.01. The summed E-state index contributed by atoms with van der Waals surface area (Å²) in [5.41, 5.74) is 0.540. The Morgan fingerprint density at radius 2 is 2.08 bits per heavy atom. The van der Waals surface area contributed by atoms with Gasteiger partial charge in [-0.3, -0.25) is 0 Å². The summed E-state index contributed by atoms with van der Waals surface area (Å²) in [7, 11) is -1.22. The predicted octanol–water partition coefficient (Wildman–Crippen LogP) is 0.103. The van der Waals surface area contributed by atoms with Crippen LogP contribution >= 0.6 is 0 Å². The lowest BCUT2D eigenvalue weighted by molar-refractivity contribution is -0.129. The van der Waals surface area contributed by atoms with Crippen molar-refractivity contribution >= 4 is 18.6 Å². The summed E-state index contributed by atoms with van der Waals surface area (Å²) < 4.78 is 4.58. The molecule has 0 unspecified atom stereocenters. The SMILES string of the molecule is C=CC(=O)OB(O)c1ccccc1. The normalized spacial score (nSPS) is 9.00. The molecule has 66 valence electrons. The molecule has 0 heterocycles. The number of benzene rings is 1. The Morgan fingerprint density at radius 3 is 2.62 bits per heavy atom. The Kier molecular flexibility index (Phi) is 3.28. The van der Waals surface area contributed by atoms with Crippen LogP contribution in [0, 0.1) is 0 Å². The topological polar surface area (TPSA) is 46.5 Å². The molecular formula is C9H9BO3. The van der Waals surface area contributed by atoms with Crippen LogP contribution in [0.1, 0.15) is 0 Å². The van der Waals surface area contributed by atoms with E-state index in [4.69, 9.17) is 0 Å². The highest BCUT2D eigenvalue weighted by Crippen LogP contribution is 1.89. The fraction of sp³-hybridized carbons (Fsp3) is 0. The minimum absolute atomic E-state index is 0.540. The van der Waals surface area contributed by atoms with E-state index < -0.39 is 13.1 Å². The van der Waals surface area contributed by atoms with Gasteiger partial charge in [-0.25, -0.2) is 4.79 Å². The van der Waals surface area contributed by atoms with Crippen molar-refractivity contribution in [3.8, 4) is 0 Å². The van der Waals surface area contributed by atoms with E-state index >= 15 is 0 Å². The van der Waals surface area contributed by atoms with Crippen molar-refractivity contribution in [2.24, 2.45) is 0 Å². The van der Waals surface area contributed by atoms with Crippen molar-refractivity contribution in [2.75, 3.05) is 0 Å². The largest absolute Gasteiger partial charge is 0.562 e. The lowest BCUT2D eigenvalue weighted by Gasteiger charge is -2.05. The van der Waals surface area contributed by atoms with Gasteiger partial charge in [0, 0.05) is 6.08 Å². The molecular weight excluding hydrogens is 167 g/mol. The van der Waals surface area contributed by atoms with Crippen LogP contribution in [-0.4, -0.2) is 18.1 Å². The molecule has 0 aliphatic rings. The first-order chi connectivity index (χ1) is 6.24. The third-order valence-corrected chi connectivity index (χ3v) is 1.48. The van der Waals surface area contributed by atoms with Crippen molar-refractivity contribution in [3.63, 3.8) is 0 Å². The second-order valence-electron chi connectivity index (χ2n) is 2.40. The minimum atomic E-state index is -1.22. The molecule has 0 saturated heterocycles. The zero-order chi connectivity index (χ0) is 9.68. The van der Waals surface area contributed by atoms with E-state index in [-0.39, 0.29) is 0 Å². The Labute approximate surface area is 76.8 Å². The molecule has 0 saturated carbocycles. The van der Waals surface area contributed by atoms with E-state index in [1.165, 1.54) is 0 Å². The van der Waals surface area contributed by atoms with Crippen molar-refractivity contribution in [3.05, 3.63) is 43.0 Å². The average molecular weight is 176 g/mol. The van der Waals surface area contributed by atoms with Gasteiger partial charge in [-0.15, -0.1) is 0 Å². The van der Waals surface area contributed by atoms with Crippen LogP contribution in [0.3, 0.4) is 0 Å². The van der Waals surface area contributed by atoms with Gasteiger partial charge in [0.05, 0.1) is 0 Å². The quantitative estimate of drug-likeness (QED) is 0.524. The number of rotatable bonds is 3. The van der Waals surface area contributed by atoms with Crippen molar-refractivity contribution in [2.45, 2.75) is 0 Å². The lowest BCUT2D eigenvalue weighted by Crippen LogP contribution is -2.35. The van der Waals surface area contributed by atoms with Gasteiger partial charge in [-0.05, 0) is 5.46 Å². The van der Waals surface area contributed by atoms with Gasteiger partial charge in [-0.1, -0.05) is 36.9 Å². The van der Waals surface area contributed by atoms with Crippen LogP contribution in [0.15, 0.2) is 43.0 Å². The monoisotopic (exact) mass is 176 g/mol. The third kappa shape index (κ3) is 2.76. The summed E-state index contributed by atoms with van der Waals surface area (Å²) in [6, 6.07) is 8.65. The molecule has 0 bridgehead atoms. The van der Waals surface area contributed by atoms with Gasteiger partial charge in [0.25, 0.3) is 0 Å². The first-order valence-corrected chi connectivity index (χ1v) is 3.80. The highest BCUT2D eigenvalue weighted by Gasteiger charge is 2.19. The zero-order valence-corrected chi connectivity index (χ0v) is 7.01. The molecule has 13 heavy (non-hydrogen) atoms. The summed E-state index contributed by atoms with van der Waals surface area (Å²) in [5, 5.41) is 9.33. The third-order valence-electron chi connectivity index (χ3n) is 1.48. The average Bonchev–Trinajstić information content (AvgIpc) is 2.19. The van der Waals surface area contributed by atoms with Gasteiger partial charge < -0.3 is 9.68 Å².